The van der Waals surface area contributed by atoms with Gasteiger partial charge in [-0.2, -0.15) is 9.37 Å². The number of aromatic nitrogens is 1. The Labute approximate surface area is 105 Å². The maximum Gasteiger partial charge on any atom is 0.251 e. The van der Waals surface area contributed by atoms with Crippen molar-refractivity contribution in [3.63, 3.8) is 0 Å². The van der Waals surface area contributed by atoms with Crippen molar-refractivity contribution < 1.29 is 13.2 Å². The van der Waals surface area contributed by atoms with Gasteiger partial charge in [0.15, 0.2) is 17.5 Å². The molecule has 0 unspecified atom stereocenters. The van der Waals surface area contributed by atoms with Gasteiger partial charge in [-0.05, 0) is 33.9 Å². The van der Waals surface area contributed by atoms with Crippen LogP contribution in [0.5, 0.6) is 0 Å². The molecular formula is C12H18F3N3. The average Bonchev–Trinajstić information content (AvgIpc) is 2.30. The molecular weight excluding hydrogens is 243 g/mol. The van der Waals surface area contributed by atoms with Crippen LogP contribution in [0, 0.1) is 17.6 Å². The highest BCUT2D eigenvalue weighted by atomic mass is 19.2. The number of anilines is 1. The van der Waals surface area contributed by atoms with E-state index in [4.69, 9.17) is 0 Å². The van der Waals surface area contributed by atoms with E-state index in [1.165, 1.54) is 0 Å². The van der Waals surface area contributed by atoms with Crippen LogP contribution in [-0.4, -0.2) is 36.1 Å². The fourth-order valence-electron chi connectivity index (χ4n) is 1.36. The van der Waals surface area contributed by atoms with Crippen molar-refractivity contribution in [3.8, 4) is 0 Å². The Morgan fingerprint density at radius 3 is 2.56 bits per heavy atom. The number of halogens is 3. The van der Waals surface area contributed by atoms with Crippen LogP contribution in [0.25, 0.3) is 0 Å². The van der Waals surface area contributed by atoms with Gasteiger partial charge in [0.1, 0.15) is 0 Å². The summed E-state index contributed by atoms with van der Waals surface area (Å²) >= 11 is 0. The molecule has 0 saturated heterocycles. The zero-order valence-electron chi connectivity index (χ0n) is 10.8. The first-order valence-corrected chi connectivity index (χ1v) is 5.87. The van der Waals surface area contributed by atoms with Crippen molar-refractivity contribution in [2.24, 2.45) is 0 Å². The van der Waals surface area contributed by atoms with Gasteiger partial charge >= 0.3 is 0 Å². The third-order valence-electron chi connectivity index (χ3n) is 2.75. The lowest BCUT2D eigenvalue weighted by atomic mass is 10.3. The predicted molar refractivity (Wildman–Crippen MR) is 65.0 cm³/mol. The Morgan fingerprint density at radius 1 is 1.28 bits per heavy atom. The molecule has 0 amide bonds. The van der Waals surface area contributed by atoms with Gasteiger partial charge in [0, 0.05) is 18.7 Å². The molecule has 6 heteroatoms. The molecule has 0 fully saturated rings. The van der Waals surface area contributed by atoms with Gasteiger partial charge in [0.2, 0.25) is 0 Å². The third kappa shape index (κ3) is 4.18. The van der Waals surface area contributed by atoms with Gasteiger partial charge < -0.3 is 10.2 Å². The molecule has 0 aliphatic rings. The molecule has 0 spiro atoms. The van der Waals surface area contributed by atoms with E-state index in [0.29, 0.717) is 18.7 Å². The summed E-state index contributed by atoms with van der Waals surface area (Å²) in [5.41, 5.74) is 0. The third-order valence-corrected chi connectivity index (χ3v) is 2.75. The van der Waals surface area contributed by atoms with Gasteiger partial charge in [-0.15, -0.1) is 0 Å². The fourth-order valence-corrected chi connectivity index (χ4v) is 1.36. The molecule has 1 rings (SSSR count). The molecule has 1 heterocycles. The highest BCUT2D eigenvalue weighted by molar-refractivity contribution is 5.35. The smallest absolute Gasteiger partial charge is 0.251 e. The second kappa shape index (κ2) is 6.58. The second-order valence-corrected chi connectivity index (χ2v) is 4.45. The number of nitrogens with one attached hydrogen (secondary N) is 1. The summed E-state index contributed by atoms with van der Waals surface area (Å²) in [4.78, 5) is 5.32. The summed E-state index contributed by atoms with van der Waals surface area (Å²) < 4.78 is 38.6. The van der Waals surface area contributed by atoms with Gasteiger partial charge in [0.05, 0.1) is 0 Å². The minimum Gasteiger partial charge on any atom is -0.367 e. The first-order chi connectivity index (χ1) is 8.41. The SMILES string of the molecule is CC(C)N(C)CCCNc1nc(F)c(F)cc1F. The standard InChI is InChI=1S/C12H18F3N3/c1-8(2)18(3)6-4-5-16-12-10(14)7-9(13)11(15)17-12/h7-8H,4-6H2,1-3H3,(H,16,17). The molecule has 0 aliphatic heterocycles. The molecule has 0 saturated carbocycles. The van der Waals surface area contributed by atoms with Crippen molar-refractivity contribution in [2.75, 3.05) is 25.5 Å². The summed E-state index contributed by atoms with van der Waals surface area (Å²) in [5, 5.41) is 2.66. The van der Waals surface area contributed by atoms with E-state index in [0.717, 1.165) is 13.0 Å². The molecule has 1 aromatic heterocycles. The van der Waals surface area contributed by atoms with E-state index in [9.17, 15) is 13.2 Å². The van der Waals surface area contributed by atoms with E-state index >= 15 is 0 Å². The Balaban J connectivity index is 2.42. The monoisotopic (exact) mass is 261 g/mol. The number of rotatable bonds is 6. The molecule has 0 radical (unpaired) electrons. The summed E-state index contributed by atoms with van der Waals surface area (Å²) in [5.74, 6) is -3.71. The average molecular weight is 261 g/mol. The highest BCUT2D eigenvalue weighted by Gasteiger charge is 2.11. The van der Waals surface area contributed by atoms with Crippen LogP contribution in [0.3, 0.4) is 0 Å². The lowest BCUT2D eigenvalue weighted by Gasteiger charge is -2.20. The zero-order chi connectivity index (χ0) is 13.7. The first kappa shape index (κ1) is 14.8. The molecule has 0 bridgehead atoms. The van der Waals surface area contributed by atoms with Crippen LogP contribution in [0.1, 0.15) is 20.3 Å². The van der Waals surface area contributed by atoms with E-state index in [-0.39, 0.29) is 5.82 Å². The number of hydrogen-bond acceptors (Lipinski definition) is 3. The molecule has 0 aliphatic carbocycles. The topological polar surface area (TPSA) is 28.2 Å². The van der Waals surface area contributed by atoms with Gasteiger partial charge in [-0.25, -0.2) is 8.78 Å². The molecule has 18 heavy (non-hydrogen) atoms. The van der Waals surface area contributed by atoms with Gasteiger partial charge in [-0.3, -0.25) is 0 Å². The van der Waals surface area contributed by atoms with Crippen LogP contribution in [0.4, 0.5) is 19.0 Å². The largest absolute Gasteiger partial charge is 0.367 e. The lowest BCUT2D eigenvalue weighted by molar-refractivity contribution is 0.273. The Bertz CT molecular complexity index is 396. The summed E-state index contributed by atoms with van der Waals surface area (Å²) in [7, 11) is 1.99. The Hall–Kier alpha value is -1.30. The molecule has 1 N–H and O–H groups in total. The molecule has 102 valence electrons. The van der Waals surface area contributed by atoms with Crippen molar-refractivity contribution in [1.29, 1.82) is 0 Å². The predicted octanol–water partition coefficient (Wildman–Crippen LogP) is 2.64. The van der Waals surface area contributed by atoms with Crippen LogP contribution >= 0.6 is 0 Å². The van der Waals surface area contributed by atoms with Crippen LogP contribution < -0.4 is 5.32 Å². The van der Waals surface area contributed by atoms with Crippen LogP contribution in [-0.2, 0) is 0 Å². The fraction of sp³-hybridized carbons (Fsp3) is 0.583. The van der Waals surface area contributed by atoms with Gasteiger partial charge in [0.25, 0.3) is 5.95 Å². The number of nitrogens with zero attached hydrogens (tertiary/aromatic N) is 2. The molecule has 0 aromatic carbocycles. The van der Waals surface area contributed by atoms with Gasteiger partial charge in [-0.1, -0.05) is 0 Å². The zero-order valence-corrected chi connectivity index (χ0v) is 10.8. The number of pyridine rings is 1. The molecule has 0 atom stereocenters. The van der Waals surface area contributed by atoms with Crippen LogP contribution in [0.15, 0.2) is 6.07 Å². The Morgan fingerprint density at radius 2 is 1.94 bits per heavy atom. The minimum atomic E-state index is -1.29. The first-order valence-electron chi connectivity index (χ1n) is 5.87. The van der Waals surface area contributed by atoms with E-state index in [1.807, 2.05) is 7.05 Å². The van der Waals surface area contributed by atoms with Crippen molar-refractivity contribution in [3.05, 3.63) is 23.6 Å². The lowest BCUT2D eigenvalue weighted by Crippen LogP contribution is -2.28. The van der Waals surface area contributed by atoms with Crippen molar-refractivity contribution in [2.45, 2.75) is 26.3 Å². The second-order valence-electron chi connectivity index (χ2n) is 4.45. The maximum absolute atomic E-state index is 13.2. The van der Waals surface area contributed by atoms with E-state index in [2.05, 4.69) is 29.0 Å². The Kier molecular flexibility index (Phi) is 5.40. The summed E-state index contributed by atoms with van der Waals surface area (Å²) in [6.45, 7) is 5.43. The summed E-state index contributed by atoms with van der Waals surface area (Å²) in [6.07, 6.45) is 0.759. The quantitative estimate of drug-likeness (QED) is 0.630. The highest BCUT2D eigenvalue weighted by Crippen LogP contribution is 2.14. The van der Waals surface area contributed by atoms with Crippen molar-refractivity contribution >= 4 is 5.82 Å². The molecule has 3 nitrogen and oxygen atoms in total. The number of hydrogen-bond donors (Lipinski definition) is 1. The van der Waals surface area contributed by atoms with Crippen molar-refractivity contribution in [1.82, 2.24) is 9.88 Å². The minimum absolute atomic E-state index is 0.249. The van der Waals surface area contributed by atoms with E-state index < -0.39 is 17.6 Å². The maximum atomic E-state index is 13.2. The van der Waals surface area contributed by atoms with E-state index in [1.54, 1.807) is 0 Å². The van der Waals surface area contributed by atoms with Crippen LogP contribution in [0.2, 0.25) is 0 Å². The molecule has 1 aromatic rings. The normalized spacial score (nSPS) is 11.3. The summed E-state index contributed by atoms with van der Waals surface area (Å²) in [6, 6.07) is 0.924.